The number of carbonyl (C=O) groups excluding carboxylic acids is 1. The Morgan fingerprint density at radius 3 is 2.59 bits per heavy atom. The highest BCUT2D eigenvalue weighted by molar-refractivity contribution is 5.89. The molecule has 0 spiro atoms. The fourth-order valence-electron chi connectivity index (χ4n) is 3.51. The van der Waals surface area contributed by atoms with Crippen molar-refractivity contribution in [2.24, 2.45) is 7.05 Å². The Balaban J connectivity index is 0.000000941. The molecule has 0 unspecified atom stereocenters. The SMILES string of the molecule is CNC(=O)C1(Nc2ccnn2C)CCN(Cc2cccc(OC)c2)CC1.O=CO. The normalized spacial score (nSPS) is 15.6. The lowest BCUT2D eigenvalue weighted by molar-refractivity contribution is -0.126. The van der Waals surface area contributed by atoms with Crippen LogP contribution in [0.25, 0.3) is 0 Å². The molecule has 9 nitrogen and oxygen atoms in total. The molecule has 29 heavy (non-hydrogen) atoms. The van der Waals surface area contributed by atoms with Crippen LogP contribution in [-0.4, -0.2) is 65.0 Å². The average molecular weight is 403 g/mol. The number of methoxy groups -OCH3 is 1. The second kappa shape index (κ2) is 10.5. The summed E-state index contributed by atoms with van der Waals surface area (Å²) >= 11 is 0. The van der Waals surface area contributed by atoms with Crippen molar-refractivity contribution in [3.8, 4) is 5.75 Å². The van der Waals surface area contributed by atoms with Crippen LogP contribution in [0.1, 0.15) is 18.4 Å². The first-order chi connectivity index (χ1) is 14.0. The van der Waals surface area contributed by atoms with E-state index in [-0.39, 0.29) is 12.4 Å². The van der Waals surface area contributed by atoms with Gasteiger partial charge in [0, 0.05) is 39.8 Å². The van der Waals surface area contributed by atoms with E-state index in [1.165, 1.54) is 5.56 Å². The number of aryl methyl sites for hydroxylation is 1. The van der Waals surface area contributed by atoms with Crippen LogP contribution in [0.5, 0.6) is 5.75 Å². The first kappa shape index (κ1) is 22.2. The van der Waals surface area contributed by atoms with Crippen molar-refractivity contribution in [2.45, 2.75) is 24.9 Å². The third kappa shape index (κ3) is 5.71. The van der Waals surface area contributed by atoms with Gasteiger partial charge >= 0.3 is 0 Å². The minimum atomic E-state index is -0.604. The van der Waals surface area contributed by atoms with Crippen LogP contribution in [0.2, 0.25) is 0 Å². The summed E-state index contributed by atoms with van der Waals surface area (Å²) in [7, 11) is 5.25. The van der Waals surface area contributed by atoms with Gasteiger partial charge < -0.3 is 20.5 Å². The number of ether oxygens (including phenoxy) is 1. The Kier molecular flexibility index (Phi) is 8.02. The maximum absolute atomic E-state index is 12.6. The van der Waals surface area contributed by atoms with E-state index < -0.39 is 5.54 Å². The molecule has 3 N–H and O–H groups in total. The number of aromatic nitrogens is 2. The predicted molar refractivity (Wildman–Crippen MR) is 110 cm³/mol. The molecule has 1 aliphatic rings. The van der Waals surface area contributed by atoms with Crippen molar-refractivity contribution in [1.82, 2.24) is 20.0 Å². The number of rotatable bonds is 6. The van der Waals surface area contributed by atoms with Crippen LogP contribution in [0, 0.1) is 0 Å². The standard InChI is InChI=1S/C19H27N5O2.CH2O2/c1-20-18(25)19(22-17-7-10-21-23(17)2)8-11-24(12-9-19)14-15-5-4-6-16(13-15)26-3;2-1-3/h4-7,10,13,22H,8-9,11-12,14H2,1-3H3,(H,20,25);1H,(H,2,3). The fraction of sp³-hybridized carbons (Fsp3) is 0.450. The number of hydrogen-bond donors (Lipinski definition) is 3. The van der Waals surface area contributed by atoms with Gasteiger partial charge in [-0.2, -0.15) is 5.10 Å². The summed E-state index contributed by atoms with van der Waals surface area (Å²) in [5, 5.41) is 17.3. The number of anilines is 1. The van der Waals surface area contributed by atoms with Crippen LogP contribution in [0.3, 0.4) is 0 Å². The quantitative estimate of drug-likeness (QED) is 0.624. The molecule has 2 heterocycles. The zero-order valence-electron chi connectivity index (χ0n) is 17.1. The lowest BCUT2D eigenvalue weighted by Gasteiger charge is -2.41. The summed E-state index contributed by atoms with van der Waals surface area (Å²) in [6.07, 6.45) is 3.21. The van der Waals surface area contributed by atoms with Crippen molar-refractivity contribution in [3.05, 3.63) is 42.1 Å². The molecule has 0 bridgehead atoms. The number of piperidine rings is 1. The minimum absolute atomic E-state index is 0.0275. The smallest absolute Gasteiger partial charge is 0.290 e. The van der Waals surface area contributed by atoms with Gasteiger partial charge in [-0.1, -0.05) is 12.1 Å². The van der Waals surface area contributed by atoms with Crippen LogP contribution >= 0.6 is 0 Å². The largest absolute Gasteiger partial charge is 0.497 e. The molecular weight excluding hydrogens is 374 g/mol. The molecule has 2 aromatic rings. The number of likely N-dealkylation sites (tertiary alicyclic amines) is 1. The molecule has 1 amide bonds. The molecule has 158 valence electrons. The van der Waals surface area contributed by atoms with Gasteiger partial charge in [0.1, 0.15) is 17.1 Å². The molecule has 0 aliphatic carbocycles. The monoisotopic (exact) mass is 403 g/mol. The third-order valence-electron chi connectivity index (χ3n) is 5.10. The second-order valence-electron chi connectivity index (χ2n) is 6.86. The number of carboxylic acid groups (broad SMARTS) is 1. The lowest BCUT2D eigenvalue weighted by Crippen LogP contribution is -2.57. The second-order valence-corrected chi connectivity index (χ2v) is 6.86. The van der Waals surface area contributed by atoms with Crippen molar-refractivity contribution in [1.29, 1.82) is 0 Å². The van der Waals surface area contributed by atoms with Crippen LogP contribution < -0.4 is 15.4 Å². The summed E-state index contributed by atoms with van der Waals surface area (Å²) in [5.74, 6) is 1.76. The Bertz CT molecular complexity index is 800. The maximum Gasteiger partial charge on any atom is 0.290 e. The number of nitrogens with one attached hydrogen (secondary N) is 2. The molecule has 1 aliphatic heterocycles. The molecule has 9 heteroatoms. The van der Waals surface area contributed by atoms with Gasteiger partial charge in [-0.25, -0.2) is 0 Å². The van der Waals surface area contributed by atoms with Gasteiger partial charge in [-0.15, -0.1) is 0 Å². The summed E-state index contributed by atoms with van der Waals surface area (Å²) in [5.41, 5.74) is 0.615. The average Bonchev–Trinajstić information content (AvgIpc) is 3.14. The van der Waals surface area contributed by atoms with Gasteiger partial charge in [0.15, 0.2) is 0 Å². The van der Waals surface area contributed by atoms with Gasteiger partial charge in [0.05, 0.1) is 13.3 Å². The van der Waals surface area contributed by atoms with Crippen LogP contribution in [0.4, 0.5) is 5.82 Å². The van der Waals surface area contributed by atoms with E-state index in [2.05, 4.69) is 32.8 Å². The van der Waals surface area contributed by atoms with Gasteiger partial charge in [-0.3, -0.25) is 19.2 Å². The highest BCUT2D eigenvalue weighted by Gasteiger charge is 2.41. The molecule has 1 aromatic carbocycles. The van der Waals surface area contributed by atoms with E-state index >= 15 is 0 Å². The van der Waals surface area contributed by atoms with Crippen LogP contribution in [-0.2, 0) is 23.2 Å². The first-order valence-electron chi connectivity index (χ1n) is 9.39. The molecule has 3 rings (SSSR count). The number of nitrogens with zero attached hydrogens (tertiary/aromatic N) is 3. The van der Waals surface area contributed by atoms with E-state index in [0.29, 0.717) is 0 Å². The van der Waals surface area contributed by atoms with Gasteiger partial charge in [0.25, 0.3) is 6.47 Å². The molecule has 1 fully saturated rings. The first-order valence-corrected chi connectivity index (χ1v) is 9.39. The van der Waals surface area contributed by atoms with E-state index in [4.69, 9.17) is 14.6 Å². The minimum Gasteiger partial charge on any atom is -0.497 e. The van der Waals surface area contributed by atoms with E-state index in [9.17, 15) is 4.79 Å². The molecule has 0 saturated carbocycles. The number of carbonyl (C=O) groups is 2. The Morgan fingerprint density at radius 2 is 2.03 bits per heavy atom. The summed E-state index contributed by atoms with van der Waals surface area (Å²) in [6, 6.07) is 10.0. The van der Waals surface area contributed by atoms with Crippen molar-refractivity contribution in [3.63, 3.8) is 0 Å². The van der Waals surface area contributed by atoms with Crippen molar-refractivity contribution < 1.29 is 19.4 Å². The van der Waals surface area contributed by atoms with Crippen LogP contribution in [0.15, 0.2) is 36.5 Å². The maximum atomic E-state index is 12.6. The van der Waals surface area contributed by atoms with Crippen molar-refractivity contribution >= 4 is 18.2 Å². The number of amides is 1. The fourth-order valence-corrected chi connectivity index (χ4v) is 3.51. The number of likely N-dealkylation sites (N-methyl/N-ethyl adjacent to an activating group) is 1. The Hall–Kier alpha value is -3.07. The molecule has 0 atom stereocenters. The van der Waals surface area contributed by atoms with Crippen molar-refractivity contribution in [2.75, 3.05) is 32.6 Å². The summed E-state index contributed by atoms with van der Waals surface area (Å²) in [4.78, 5) is 23.4. The molecule has 1 saturated heterocycles. The Labute approximate surface area is 170 Å². The highest BCUT2D eigenvalue weighted by atomic mass is 16.5. The Morgan fingerprint density at radius 1 is 1.34 bits per heavy atom. The highest BCUT2D eigenvalue weighted by Crippen LogP contribution is 2.28. The topological polar surface area (TPSA) is 109 Å². The van der Waals surface area contributed by atoms with Gasteiger partial charge in [-0.05, 0) is 30.5 Å². The van der Waals surface area contributed by atoms with E-state index in [0.717, 1.165) is 44.0 Å². The molecule has 1 aromatic heterocycles. The van der Waals surface area contributed by atoms with E-state index in [1.54, 1.807) is 25.0 Å². The van der Waals surface area contributed by atoms with Gasteiger partial charge in [0.2, 0.25) is 5.91 Å². The zero-order valence-corrected chi connectivity index (χ0v) is 17.1. The molecular formula is C20H29N5O4. The summed E-state index contributed by atoms with van der Waals surface area (Å²) < 4.78 is 7.06. The zero-order chi connectivity index (χ0) is 21.3. The predicted octanol–water partition coefficient (Wildman–Crippen LogP) is 1.32. The lowest BCUT2D eigenvalue weighted by atomic mass is 9.86. The molecule has 0 radical (unpaired) electrons. The van der Waals surface area contributed by atoms with E-state index in [1.807, 2.05) is 25.2 Å². The number of hydrogen-bond acceptors (Lipinski definition) is 6. The third-order valence-corrected chi connectivity index (χ3v) is 5.10. The summed E-state index contributed by atoms with van der Waals surface area (Å²) in [6.45, 7) is 2.29. The number of benzene rings is 1.